The van der Waals surface area contributed by atoms with Crippen LogP contribution < -0.4 is 5.32 Å². The zero-order chi connectivity index (χ0) is 13.3. The number of nitrogens with zero attached hydrogens (tertiary/aromatic N) is 1. The highest BCUT2D eigenvalue weighted by molar-refractivity contribution is 5.97. The first-order valence-electron chi connectivity index (χ1n) is 6.59. The van der Waals surface area contributed by atoms with Crippen LogP contribution in [0.4, 0.5) is 0 Å². The molecule has 1 heterocycles. The van der Waals surface area contributed by atoms with Crippen LogP contribution in [-0.2, 0) is 0 Å². The van der Waals surface area contributed by atoms with Gasteiger partial charge in [0.15, 0.2) is 0 Å². The quantitative estimate of drug-likeness (QED) is 0.821. The Morgan fingerprint density at radius 2 is 1.56 bits per heavy atom. The first-order chi connectivity index (χ1) is 8.52. The number of hydrogen-bond acceptors (Lipinski definition) is 2. The Balaban J connectivity index is 2.40. The van der Waals surface area contributed by atoms with Crippen molar-refractivity contribution in [2.24, 2.45) is 0 Å². The molecule has 2 rings (SSSR count). The molecule has 1 aliphatic heterocycles. The second-order valence-electron chi connectivity index (χ2n) is 5.18. The fourth-order valence-corrected chi connectivity index (χ4v) is 2.56. The molecular formula is C15H22N2O. The Bertz CT molecular complexity index is 448. The summed E-state index contributed by atoms with van der Waals surface area (Å²) in [5, 5.41) is 3.28. The van der Waals surface area contributed by atoms with Crippen LogP contribution in [0.25, 0.3) is 0 Å². The molecule has 1 N–H and O–H groups in total. The summed E-state index contributed by atoms with van der Waals surface area (Å²) in [4.78, 5) is 14.6. The van der Waals surface area contributed by atoms with E-state index in [-0.39, 0.29) is 5.91 Å². The van der Waals surface area contributed by atoms with E-state index in [9.17, 15) is 4.79 Å². The van der Waals surface area contributed by atoms with Crippen LogP contribution in [0.3, 0.4) is 0 Å². The lowest BCUT2D eigenvalue weighted by molar-refractivity contribution is 0.0734. The van der Waals surface area contributed by atoms with Gasteiger partial charge in [0.05, 0.1) is 0 Å². The summed E-state index contributed by atoms with van der Waals surface area (Å²) in [5.41, 5.74) is 5.57. The maximum Gasteiger partial charge on any atom is 0.254 e. The van der Waals surface area contributed by atoms with E-state index in [0.29, 0.717) is 0 Å². The van der Waals surface area contributed by atoms with Gasteiger partial charge in [-0.25, -0.2) is 0 Å². The molecule has 0 atom stereocenters. The van der Waals surface area contributed by atoms with Crippen LogP contribution in [-0.4, -0.2) is 37.0 Å². The van der Waals surface area contributed by atoms with E-state index in [1.54, 1.807) is 0 Å². The van der Waals surface area contributed by atoms with Crippen LogP contribution in [0.2, 0.25) is 0 Å². The summed E-state index contributed by atoms with van der Waals surface area (Å²) in [6.07, 6.45) is 0. The molecule has 0 bridgehead atoms. The lowest BCUT2D eigenvalue weighted by atomic mass is 9.93. The van der Waals surface area contributed by atoms with E-state index in [2.05, 4.69) is 39.1 Å². The van der Waals surface area contributed by atoms with Crippen molar-refractivity contribution < 1.29 is 4.79 Å². The largest absolute Gasteiger partial charge is 0.336 e. The number of rotatable bonds is 1. The third kappa shape index (κ3) is 2.27. The van der Waals surface area contributed by atoms with Gasteiger partial charge < -0.3 is 10.2 Å². The van der Waals surface area contributed by atoms with Gasteiger partial charge in [-0.1, -0.05) is 6.07 Å². The average Bonchev–Trinajstić information content (AvgIpc) is 2.37. The van der Waals surface area contributed by atoms with Crippen molar-refractivity contribution in [3.63, 3.8) is 0 Å². The fourth-order valence-electron chi connectivity index (χ4n) is 2.56. The molecule has 3 nitrogen and oxygen atoms in total. The van der Waals surface area contributed by atoms with Gasteiger partial charge in [-0.3, -0.25) is 4.79 Å². The summed E-state index contributed by atoms with van der Waals surface area (Å²) in [5.74, 6) is 0.193. The van der Waals surface area contributed by atoms with E-state index in [1.807, 2.05) is 4.90 Å². The maximum absolute atomic E-state index is 12.6. The zero-order valence-electron chi connectivity index (χ0n) is 11.8. The minimum absolute atomic E-state index is 0.193. The Kier molecular flexibility index (Phi) is 3.71. The number of carbonyl (C=O) groups excluding carboxylic acids is 1. The van der Waals surface area contributed by atoms with Crippen LogP contribution in [0.5, 0.6) is 0 Å². The highest BCUT2D eigenvalue weighted by atomic mass is 16.2. The standard InChI is InChI=1S/C15H22N2O/c1-10-9-11(2)13(4)14(12(10)3)15(18)17-7-5-16-6-8-17/h9,16H,5-8H2,1-4H3. The van der Waals surface area contributed by atoms with E-state index in [4.69, 9.17) is 0 Å². The molecule has 98 valence electrons. The van der Waals surface area contributed by atoms with Gasteiger partial charge in [0, 0.05) is 31.7 Å². The maximum atomic E-state index is 12.6. The number of aryl methyl sites for hydroxylation is 2. The topological polar surface area (TPSA) is 32.3 Å². The molecule has 1 fully saturated rings. The molecule has 0 spiro atoms. The van der Waals surface area contributed by atoms with E-state index in [1.165, 1.54) is 11.1 Å². The first kappa shape index (κ1) is 13.1. The first-order valence-corrected chi connectivity index (χ1v) is 6.59. The van der Waals surface area contributed by atoms with Gasteiger partial charge >= 0.3 is 0 Å². The number of nitrogens with one attached hydrogen (secondary N) is 1. The Morgan fingerprint density at radius 3 is 2.06 bits per heavy atom. The van der Waals surface area contributed by atoms with Gasteiger partial charge in [-0.15, -0.1) is 0 Å². The summed E-state index contributed by atoms with van der Waals surface area (Å²) >= 11 is 0. The molecule has 1 aliphatic rings. The molecule has 0 radical (unpaired) electrons. The molecule has 0 aliphatic carbocycles. The van der Waals surface area contributed by atoms with Crippen molar-refractivity contribution in [1.29, 1.82) is 0 Å². The van der Waals surface area contributed by atoms with Gasteiger partial charge in [0.2, 0.25) is 0 Å². The van der Waals surface area contributed by atoms with Gasteiger partial charge in [0.1, 0.15) is 0 Å². The SMILES string of the molecule is Cc1cc(C)c(C)c(C(=O)N2CCNCC2)c1C. The third-order valence-corrected chi connectivity index (χ3v) is 3.98. The van der Waals surface area contributed by atoms with E-state index < -0.39 is 0 Å². The number of benzene rings is 1. The van der Waals surface area contributed by atoms with E-state index >= 15 is 0 Å². The Morgan fingerprint density at radius 1 is 1.06 bits per heavy atom. The molecule has 3 heteroatoms. The van der Waals surface area contributed by atoms with Crippen LogP contribution >= 0.6 is 0 Å². The summed E-state index contributed by atoms with van der Waals surface area (Å²) in [6, 6.07) is 2.17. The molecule has 1 amide bonds. The lowest BCUT2D eigenvalue weighted by Gasteiger charge is -2.29. The number of amides is 1. The van der Waals surface area contributed by atoms with Crippen LogP contribution in [0.15, 0.2) is 6.07 Å². The van der Waals surface area contributed by atoms with Crippen molar-refractivity contribution in [2.45, 2.75) is 27.7 Å². The summed E-state index contributed by atoms with van der Waals surface area (Å²) in [7, 11) is 0. The predicted octanol–water partition coefficient (Wildman–Crippen LogP) is 1.97. The zero-order valence-corrected chi connectivity index (χ0v) is 11.8. The molecule has 1 saturated heterocycles. The van der Waals surface area contributed by atoms with Gasteiger partial charge in [-0.2, -0.15) is 0 Å². The lowest BCUT2D eigenvalue weighted by Crippen LogP contribution is -2.46. The van der Waals surface area contributed by atoms with Crippen molar-refractivity contribution in [3.05, 3.63) is 33.9 Å². The van der Waals surface area contributed by atoms with Crippen molar-refractivity contribution in [3.8, 4) is 0 Å². The molecule has 0 aromatic heterocycles. The van der Waals surface area contributed by atoms with E-state index in [0.717, 1.165) is 42.9 Å². The predicted molar refractivity (Wildman–Crippen MR) is 74.2 cm³/mol. The molecule has 1 aromatic rings. The highest BCUT2D eigenvalue weighted by Gasteiger charge is 2.22. The molecule has 0 unspecified atom stereocenters. The minimum Gasteiger partial charge on any atom is -0.336 e. The van der Waals surface area contributed by atoms with Crippen molar-refractivity contribution >= 4 is 5.91 Å². The van der Waals surface area contributed by atoms with Crippen molar-refractivity contribution in [2.75, 3.05) is 26.2 Å². The third-order valence-electron chi connectivity index (χ3n) is 3.98. The smallest absolute Gasteiger partial charge is 0.254 e. The molecule has 1 aromatic carbocycles. The molecule has 0 saturated carbocycles. The Hall–Kier alpha value is -1.35. The summed E-state index contributed by atoms with van der Waals surface area (Å²) < 4.78 is 0. The Labute approximate surface area is 109 Å². The number of piperazine rings is 1. The van der Waals surface area contributed by atoms with Crippen LogP contribution in [0.1, 0.15) is 32.6 Å². The second kappa shape index (κ2) is 5.11. The monoisotopic (exact) mass is 246 g/mol. The average molecular weight is 246 g/mol. The minimum atomic E-state index is 0.193. The highest BCUT2D eigenvalue weighted by Crippen LogP contribution is 2.23. The number of hydrogen-bond donors (Lipinski definition) is 1. The fraction of sp³-hybridized carbons (Fsp3) is 0.533. The van der Waals surface area contributed by atoms with Crippen molar-refractivity contribution in [1.82, 2.24) is 10.2 Å². The van der Waals surface area contributed by atoms with Crippen LogP contribution in [0, 0.1) is 27.7 Å². The second-order valence-corrected chi connectivity index (χ2v) is 5.18. The normalized spacial score (nSPS) is 15.9. The summed E-state index contributed by atoms with van der Waals surface area (Å²) in [6.45, 7) is 11.7. The van der Waals surface area contributed by atoms with Gasteiger partial charge in [-0.05, 0) is 49.9 Å². The van der Waals surface area contributed by atoms with Gasteiger partial charge in [0.25, 0.3) is 5.91 Å². The number of carbonyl (C=O) groups is 1. The molecular weight excluding hydrogens is 224 g/mol. The molecule has 18 heavy (non-hydrogen) atoms.